The van der Waals surface area contributed by atoms with Gasteiger partial charge in [-0.25, -0.2) is 0 Å². The van der Waals surface area contributed by atoms with Crippen molar-refractivity contribution >= 4 is 44.1 Å². The van der Waals surface area contributed by atoms with Gasteiger partial charge in [-0.1, -0.05) is 56.0 Å². The van der Waals surface area contributed by atoms with Gasteiger partial charge in [-0.2, -0.15) is 8.42 Å². The second kappa shape index (κ2) is 19.4. The molecule has 41 heavy (non-hydrogen) atoms. The van der Waals surface area contributed by atoms with Crippen LogP contribution in [-0.2, 0) is 34.0 Å². The Hall–Kier alpha value is -2.73. The van der Waals surface area contributed by atoms with Crippen LogP contribution in [0.1, 0.15) is 79.1 Å². The lowest BCUT2D eigenvalue weighted by molar-refractivity contribution is -0.125. The molecule has 11 heteroatoms. The van der Waals surface area contributed by atoms with E-state index in [4.69, 9.17) is 9.47 Å². The van der Waals surface area contributed by atoms with E-state index in [-0.39, 0.29) is 57.3 Å². The zero-order valence-corrected chi connectivity index (χ0v) is 25.8. The lowest BCUT2D eigenvalue weighted by atomic mass is 9.92. The van der Waals surface area contributed by atoms with Crippen molar-refractivity contribution in [3.8, 4) is 0 Å². The van der Waals surface area contributed by atoms with Gasteiger partial charge >= 0.3 is 0 Å². The van der Waals surface area contributed by atoms with Crippen LogP contribution in [0.4, 0.5) is 10.4 Å². The van der Waals surface area contributed by atoms with Gasteiger partial charge in [0, 0.05) is 38.4 Å². The molecule has 2 N–H and O–H groups in total. The van der Waals surface area contributed by atoms with Gasteiger partial charge in [0.1, 0.15) is 16.5 Å². The average molecular weight is 600 g/mol. The Morgan fingerprint density at radius 1 is 0.902 bits per heavy atom. The molecule has 0 aromatic heterocycles. The van der Waals surface area contributed by atoms with Crippen molar-refractivity contribution in [2.24, 2.45) is 5.92 Å². The summed E-state index contributed by atoms with van der Waals surface area (Å²) in [5.74, 6) is -0.0474. The number of benzene rings is 2. The van der Waals surface area contributed by atoms with Crippen molar-refractivity contribution in [2.75, 3.05) is 19.5 Å². The van der Waals surface area contributed by atoms with Crippen molar-refractivity contribution < 1.29 is 41.5 Å². The summed E-state index contributed by atoms with van der Waals surface area (Å²) in [7, 11) is -1.29. The normalized spacial score (nSPS) is 13.2. The minimum atomic E-state index is -4.51. The maximum atomic E-state index is 12.3. The van der Waals surface area contributed by atoms with Crippen LogP contribution in [0, 0.1) is 5.92 Å². The molecule has 3 unspecified atom stereocenters. The summed E-state index contributed by atoms with van der Waals surface area (Å²) in [4.78, 5) is 34.1. The van der Waals surface area contributed by atoms with Gasteiger partial charge < -0.3 is 14.8 Å². The average Bonchev–Trinajstić information content (AvgIpc) is 2.88. The first-order valence-electron chi connectivity index (χ1n) is 13.7. The Morgan fingerprint density at radius 3 is 2.05 bits per heavy atom. The zero-order valence-electron chi connectivity index (χ0n) is 25.0. The van der Waals surface area contributed by atoms with E-state index in [0.717, 1.165) is 32.1 Å². The van der Waals surface area contributed by atoms with Crippen LogP contribution in [0.3, 0.4) is 0 Å². The third kappa shape index (κ3) is 14.1. The van der Waals surface area contributed by atoms with Crippen LogP contribution in [-0.4, -0.2) is 56.9 Å². The van der Waals surface area contributed by atoms with Gasteiger partial charge in [0.25, 0.3) is 10.1 Å². The first-order valence-corrected chi connectivity index (χ1v) is 15.1. The maximum absolute atomic E-state index is 12.3. The number of hydrogen-bond donors (Lipinski definition) is 2. The maximum Gasteiger partial charge on any atom is 0.297 e. The monoisotopic (exact) mass is 599 g/mol. The van der Waals surface area contributed by atoms with E-state index in [1.807, 2.05) is 13.8 Å². The quantitative estimate of drug-likeness (QED) is 0.173. The molecule has 2 rings (SSSR count). The van der Waals surface area contributed by atoms with Crippen molar-refractivity contribution in [3.05, 3.63) is 36.4 Å². The number of nitrogens with one attached hydrogen (secondary N) is 1. The zero-order chi connectivity index (χ0) is 30.3. The van der Waals surface area contributed by atoms with E-state index in [1.54, 1.807) is 58.4 Å². The number of carbonyl (C=O) groups is 3. The predicted octanol–water partition coefficient (Wildman–Crippen LogP) is 6.15. The topological polar surface area (TPSA) is 136 Å². The Labute approximate surface area is 243 Å². The molecule has 2 aromatic carbocycles. The summed E-state index contributed by atoms with van der Waals surface area (Å²) in [5, 5.41) is 3.65. The van der Waals surface area contributed by atoms with Crippen molar-refractivity contribution in [2.45, 2.75) is 96.2 Å². The minimum absolute atomic E-state index is 0. The number of hydrogen-bond acceptors (Lipinski definition) is 7. The van der Waals surface area contributed by atoms with E-state index in [9.17, 15) is 27.4 Å². The Bertz CT molecular complexity index is 1220. The third-order valence-corrected chi connectivity index (χ3v) is 7.72. The highest BCUT2D eigenvalue weighted by Gasteiger charge is 2.22. The molecule has 0 aliphatic heterocycles. The minimum Gasteiger partial charge on any atom is -0.381 e. The molecule has 0 saturated carbocycles. The molecule has 1 amide bonds. The number of carbonyl (C=O) groups excluding carboxylic acids is 3. The molecule has 0 spiro atoms. The number of methoxy groups -OCH3 is 2. The number of anilines is 1. The summed E-state index contributed by atoms with van der Waals surface area (Å²) >= 11 is 0. The number of ketones is 2. The molecule has 2 aromatic rings. The number of amides is 1. The fourth-order valence-corrected chi connectivity index (χ4v) is 5.29. The molecule has 0 saturated heterocycles. The molecule has 232 valence electrons. The van der Waals surface area contributed by atoms with Gasteiger partial charge in [-0.05, 0) is 52.0 Å². The SMILES string of the molecule is COC(C)C(CCCCCCCC(=O)Nc1ccc2ccccc2c1S(=O)(=O)O)C(C)=O.COC(C)CC(C)=O.F. The van der Waals surface area contributed by atoms with Gasteiger partial charge in [0.2, 0.25) is 5.91 Å². The number of fused-ring (bicyclic) bond motifs is 1. The van der Waals surface area contributed by atoms with Crippen LogP contribution in [0.25, 0.3) is 10.8 Å². The molecule has 0 aliphatic rings. The highest BCUT2D eigenvalue weighted by Crippen LogP contribution is 2.30. The van der Waals surface area contributed by atoms with E-state index < -0.39 is 10.1 Å². The fourth-order valence-electron chi connectivity index (χ4n) is 4.43. The van der Waals surface area contributed by atoms with Crippen molar-refractivity contribution in [1.29, 1.82) is 0 Å². The van der Waals surface area contributed by atoms with E-state index in [0.29, 0.717) is 23.6 Å². The van der Waals surface area contributed by atoms with Crippen LogP contribution in [0.15, 0.2) is 41.3 Å². The van der Waals surface area contributed by atoms with E-state index in [2.05, 4.69) is 5.32 Å². The molecule has 0 aliphatic carbocycles. The second-order valence-corrected chi connectivity index (χ2v) is 11.5. The van der Waals surface area contributed by atoms with Crippen LogP contribution < -0.4 is 5.32 Å². The molecule has 0 fully saturated rings. The Kier molecular flexibility index (Phi) is 18.1. The third-order valence-electron chi connectivity index (χ3n) is 6.77. The summed E-state index contributed by atoms with van der Waals surface area (Å²) in [6, 6.07) is 9.99. The number of halogens is 1. The van der Waals surface area contributed by atoms with Crippen LogP contribution >= 0.6 is 0 Å². The highest BCUT2D eigenvalue weighted by molar-refractivity contribution is 7.86. The van der Waals surface area contributed by atoms with Crippen molar-refractivity contribution in [3.63, 3.8) is 0 Å². The Morgan fingerprint density at radius 2 is 1.51 bits per heavy atom. The fraction of sp³-hybridized carbons (Fsp3) is 0.567. The highest BCUT2D eigenvalue weighted by atomic mass is 32.2. The summed E-state index contributed by atoms with van der Waals surface area (Å²) in [6.45, 7) is 6.95. The number of rotatable bonds is 16. The molecule has 0 radical (unpaired) electrons. The summed E-state index contributed by atoms with van der Waals surface area (Å²) in [5.41, 5.74) is 0.0822. The van der Waals surface area contributed by atoms with E-state index in [1.165, 1.54) is 6.07 Å². The van der Waals surface area contributed by atoms with Gasteiger partial charge in [-0.15, -0.1) is 0 Å². The first kappa shape index (κ1) is 38.3. The number of Topliss-reactive ketones (excluding diaryl/α,β-unsaturated/α-hetero) is 2. The van der Waals surface area contributed by atoms with Gasteiger partial charge in [0.05, 0.1) is 17.9 Å². The van der Waals surface area contributed by atoms with E-state index >= 15 is 0 Å². The van der Waals surface area contributed by atoms with Crippen LogP contribution in [0.2, 0.25) is 0 Å². The molecule has 0 heterocycles. The predicted molar refractivity (Wildman–Crippen MR) is 160 cm³/mol. The summed E-state index contributed by atoms with van der Waals surface area (Å²) < 4.78 is 43.7. The number of unbranched alkanes of at least 4 members (excludes halogenated alkanes) is 4. The lowest BCUT2D eigenvalue weighted by Crippen LogP contribution is -2.25. The second-order valence-electron chi connectivity index (χ2n) is 10.1. The van der Waals surface area contributed by atoms with Gasteiger partial charge in [0.15, 0.2) is 0 Å². The molecule has 3 atom stereocenters. The van der Waals surface area contributed by atoms with Gasteiger partial charge in [-0.3, -0.25) is 23.6 Å². The molecular weight excluding hydrogens is 553 g/mol. The van der Waals surface area contributed by atoms with Crippen molar-refractivity contribution in [1.82, 2.24) is 0 Å². The molecule has 0 bridgehead atoms. The standard InChI is InChI=1S/C24H33NO6S.C6H12O2.FH/c1-17(26)20(18(2)31-3)12-7-5-4-6-8-14-23(27)25-22-16-15-19-11-9-10-13-21(19)24(22)32(28,29)30;1-5(7)4-6(2)8-3;/h9-11,13,15-16,18,20H,4-8,12,14H2,1-3H3,(H,25,27)(H,28,29,30);6H,4H2,1-3H3;1H. The largest absolute Gasteiger partial charge is 0.381 e. The number of ether oxygens (including phenoxy) is 2. The Balaban J connectivity index is 0.00000155. The molecular formula is C30H46FNO8S. The first-order chi connectivity index (χ1) is 18.8. The van der Waals surface area contributed by atoms with Crippen LogP contribution in [0.5, 0.6) is 0 Å². The smallest absolute Gasteiger partial charge is 0.297 e. The lowest BCUT2D eigenvalue weighted by Gasteiger charge is -2.20. The summed E-state index contributed by atoms with van der Waals surface area (Å²) in [6.07, 6.45) is 5.96. The molecule has 9 nitrogen and oxygen atoms in total.